The number of H-pyrrole nitrogens is 1. The molecule has 2 amide bonds. The maximum atomic E-state index is 12.8. The van der Waals surface area contributed by atoms with Crippen LogP contribution in [0.15, 0.2) is 79.0 Å². The number of fused-ring (bicyclic) bond motifs is 1. The largest absolute Gasteiger partial charge is 0.457 e. The van der Waals surface area contributed by atoms with Gasteiger partial charge in [0.15, 0.2) is 6.20 Å². The van der Waals surface area contributed by atoms with Crippen LogP contribution >= 0.6 is 0 Å². The lowest BCUT2D eigenvalue weighted by molar-refractivity contribution is -0.382. The van der Waals surface area contributed by atoms with Crippen LogP contribution in [0.3, 0.4) is 0 Å². The summed E-state index contributed by atoms with van der Waals surface area (Å²) in [5, 5.41) is 5.05. The lowest BCUT2D eigenvalue weighted by Crippen LogP contribution is -2.25. The first-order chi connectivity index (χ1) is 15.5. The number of carbonyl (C=O) groups excluding carboxylic acids is 2. The van der Waals surface area contributed by atoms with Crippen molar-refractivity contribution in [1.82, 2.24) is 5.32 Å². The van der Waals surface area contributed by atoms with E-state index in [4.69, 9.17) is 10.5 Å². The van der Waals surface area contributed by atoms with Crippen molar-refractivity contribution in [3.05, 3.63) is 101 Å². The molecule has 0 saturated carbocycles. The molecule has 3 aromatic carbocycles. The van der Waals surface area contributed by atoms with Crippen LogP contribution in [0.1, 0.15) is 32.0 Å². The van der Waals surface area contributed by atoms with Gasteiger partial charge >= 0.3 is 5.91 Å². The van der Waals surface area contributed by atoms with Gasteiger partial charge in [-0.3, -0.25) is 9.59 Å². The second-order valence-corrected chi connectivity index (χ2v) is 7.53. The average Bonchev–Trinajstić information content (AvgIpc) is 2.80. The Bertz CT molecular complexity index is 1300. The Labute approximate surface area is 186 Å². The Hall–Kier alpha value is -4.19. The summed E-state index contributed by atoms with van der Waals surface area (Å²) in [4.78, 5) is 26.9. The number of ether oxygens (including phenoxy) is 1. The van der Waals surface area contributed by atoms with Crippen LogP contribution in [0, 0.1) is 6.92 Å². The number of nitrogens with two attached hydrogens (primary N) is 1. The van der Waals surface area contributed by atoms with Crippen molar-refractivity contribution in [2.75, 3.05) is 6.54 Å². The van der Waals surface area contributed by atoms with Crippen molar-refractivity contribution < 1.29 is 19.3 Å². The van der Waals surface area contributed by atoms with E-state index in [2.05, 4.69) is 10.3 Å². The summed E-state index contributed by atoms with van der Waals surface area (Å²) >= 11 is 0. The Kier molecular flexibility index (Phi) is 6.12. The smallest absolute Gasteiger partial charge is 0.313 e. The van der Waals surface area contributed by atoms with Gasteiger partial charge < -0.3 is 15.8 Å². The van der Waals surface area contributed by atoms with Crippen LogP contribution in [-0.2, 0) is 6.42 Å². The molecule has 0 bridgehead atoms. The minimum absolute atomic E-state index is 0.0897. The Morgan fingerprint density at radius 1 is 0.938 bits per heavy atom. The molecule has 0 aliphatic heterocycles. The monoisotopic (exact) mass is 426 g/mol. The number of aromatic amines is 1. The van der Waals surface area contributed by atoms with Crippen LogP contribution < -0.4 is 20.8 Å². The quantitative estimate of drug-likeness (QED) is 0.470. The predicted molar refractivity (Wildman–Crippen MR) is 123 cm³/mol. The summed E-state index contributed by atoms with van der Waals surface area (Å²) in [6.45, 7) is 2.54. The Morgan fingerprint density at radius 2 is 1.72 bits per heavy atom. The van der Waals surface area contributed by atoms with Gasteiger partial charge in [0.1, 0.15) is 11.5 Å². The van der Waals surface area contributed by atoms with E-state index < -0.39 is 5.91 Å². The molecular formula is C26H24N3O3+. The standard InChI is InChI=1S/C26H23N3O3/c1-17-9-10-23(22-8-3-2-7-21(17)22)26(31)29-13-11-18-5-4-6-19(15-18)32-20-12-14-28-24(16-20)25(27)30/h2-10,12,14-16H,11,13H2,1H3,(H2,27,30)(H,29,31)/p+1. The van der Waals surface area contributed by atoms with E-state index in [0.29, 0.717) is 30.0 Å². The molecule has 0 aliphatic rings. The molecular weight excluding hydrogens is 402 g/mol. The Balaban J connectivity index is 1.40. The van der Waals surface area contributed by atoms with E-state index >= 15 is 0 Å². The van der Waals surface area contributed by atoms with Crippen molar-refractivity contribution in [2.24, 2.45) is 5.73 Å². The lowest BCUT2D eigenvalue weighted by atomic mass is 10.00. The van der Waals surface area contributed by atoms with Gasteiger partial charge in [-0.1, -0.05) is 42.5 Å². The molecule has 32 heavy (non-hydrogen) atoms. The number of nitrogens with one attached hydrogen (secondary N) is 2. The first-order valence-electron chi connectivity index (χ1n) is 10.4. The minimum atomic E-state index is -0.554. The van der Waals surface area contributed by atoms with Crippen molar-refractivity contribution in [2.45, 2.75) is 13.3 Å². The molecule has 0 atom stereocenters. The summed E-state index contributed by atoms with van der Waals surface area (Å²) in [6.07, 6.45) is 2.26. The first kappa shape index (κ1) is 21.1. The number of aryl methyl sites for hydroxylation is 1. The highest BCUT2D eigenvalue weighted by Crippen LogP contribution is 2.23. The second-order valence-electron chi connectivity index (χ2n) is 7.53. The van der Waals surface area contributed by atoms with Crippen molar-refractivity contribution in [3.63, 3.8) is 0 Å². The zero-order chi connectivity index (χ0) is 22.5. The lowest BCUT2D eigenvalue weighted by Gasteiger charge is -2.11. The maximum Gasteiger partial charge on any atom is 0.313 e. The molecule has 0 aliphatic carbocycles. The molecule has 4 rings (SSSR count). The van der Waals surface area contributed by atoms with E-state index in [-0.39, 0.29) is 11.6 Å². The van der Waals surface area contributed by atoms with Crippen molar-refractivity contribution in [3.8, 4) is 11.5 Å². The Morgan fingerprint density at radius 3 is 2.53 bits per heavy atom. The average molecular weight is 426 g/mol. The van der Waals surface area contributed by atoms with E-state index in [1.807, 2.05) is 67.6 Å². The highest BCUT2D eigenvalue weighted by molar-refractivity contribution is 6.07. The number of pyridine rings is 1. The van der Waals surface area contributed by atoms with Gasteiger partial charge in [-0.25, -0.2) is 4.98 Å². The van der Waals surface area contributed by atoms with Crippen LogP contribution in [-0.4, -0.2) is 18.4 Å². The first-order valence-corrected chi connectivity index (χ1v) is 10.4. The number of hydrogen-bond donors (Lipinski definition) is 2. The molecule has 0 radical (unpaired) electrons. The summed E-state index contributed by atoms with van der Waals surface area (Å²) < 4.78 is 5.85. The van der Waals surface area contributed by atoms with Crippen molar-refractivity contribution >= 4 is 22.6 Å². The fourth-order valence-corrected chi connectivity index (χ4v) is 3.62. The third kappa shape index (κ3) is 4.75. The van der Waals surface area contributed by atoms with Crippen LogP contribution in [0.5, 0.6) is 11.5 Å². The number of carbonyl (C=O) groups is 2. The third-order valence-corrected chi connectivity index (χ3v) is 5.26. The molecule has 0 unspecified atom stereocenters. The molecule has 1 heterocycles. The number of hydrogen-bond acceptors (Lipinski definition) is 3. The van der Waals surface area contributed by atoms with Gasteiger partial charge in [0.25, 0.3) is 11.6 Å². The van der Waals surface area contributed by atoms with E-state index in [9.17, 15) is 9.59 Å². The SMILES string of the molecule is Cc1ccc(C(=O)NCCc2cccc(Oc3cc[nH+]c(C(N)=O)c3)c2)c2ccccc12. The van der Waals surface area contributed by atoms with Crippen molar-refractivity contribution in [1.29, 1.82) is 0 Å². The van der Waals surface area contributed by atoms with E-state index in [1.165, 1.54) is 0 Å². The van der Waals surface area contributed by atoms with Gasteiger partial charge in [0.2, 0.25) is 0 Å². The summed E-state index contributed by atoms with van der Waals surface area (Å²) in [7, 11) is 0. The zero-order valence-corrected chi connectivity index (χ0v) is 17.7. The van der Waals surface area contributed by atoms with Crippen LogP contribution in [0.2, 0.25) is 0 Å². The summed E-state index contributed by atoms with van der Waals surface area (Å²) in [6, 6.07) is 22.7. The van der Waals surface area contributed by atoms with Crippen LogP contribution in [0.25, 0.3) is 10.8 Å². The predicted octanol–water partition coefficient (Wildman–Crippen LogP) is 3.83. The molecule has 0 fully saturated rings. The minimum Gasteiger partial charge on any atom is -0.457 e. The number of amides is 2. The van der Waals surface area contributed by atoms with E-state index in [1.54, 1.807) is 18.3 Å². The molecule has 4 N–H and O–H groups in total. The molecule has 160 valence electrons. The number of rotatable bonds is 7. The van der Waals surface area contributed by atoms with E-state index in [0.717, 1.165) is 21.9 Å². The molecule has 6 nitrogen and oxygen atoms in total. The zero-order valence-electron chi connectivity index (χ0n) is 17.7. The number of benzene rings is 3. The summed E-state index contributed by atoms with van der Waals surface area (Å²) in [5.74, 6) is 0.503. The third-order valence-electron chi connectivity index (χ3n) is 5.26. The second kappa shape index (κ2) is 9.31. The highest BCUT2D eigenvalue weighted by Gasteiger charge is 2.12. The maximum absolute atomic E-state index is 12.8. The molecule has 6 heteroatoms. The number of aromatic nitrogens is 1. The highest BCUT2D eigenvalue weighted by atomic mass is 16.5. The molecule has 0 saturated heterocycles. The van der Waals surface area contributed by atoms with Gasteiger partial charge in [-0.05, 0) is 53.4 Å². The molecule has 1 aromatic heterocycles. The van der Waals surface area contributed by atoms with Crippen LogP contribution in [0.4, 0.5) is 0 Å². The fourth-order valence-electron chi connectivity index (χ4n) is 3.62. The van der Waals surface area contributed by atoms with Gasteiger partial charge in [0.05, 0.1) is 6.07 Å². The molecule has 4 aromatic rings. The fraction of sp³-hybridized carbons (Fsp3) is 0.115. The molecule has 0 spiro atoms. The van der Waals surface area contributed by atoms with Gasteiger partial charge in [-0.15, -0.1) is 0 Å². The number of primary amides is 1. The summed E-state index contributed by atoms with van der Waals surface area (Å²) in [5.41, 5.74) is 8.41. The van der Waals surface area contributed by atoms with Gasteiger partial charge in [-0.2, -0.15) is 0 Å². The van der Waals surface area contributed by atoms with Gasteiger partial charge in [0, 0.05) is 18.2 Å². The normalized spacial score (nSPS) is 10.7. The topological polar surface area (TPSA) is 95.6 Å².